The van der Waals surface area contributed by atoms with E-state index in [1.54, 1.807) is 0 Å². The van der Waals surface area contributed by atoms with Gasteiger partial charge in [0.1, 0.15) is 0 Å². The fourth-order valence-electron chi connectivity index (χ4n) is 6.32. The molecule has 0 radical (unpaired) electrons. The maximum Gasteiger partial charge on any atom is 0.261 e. The van der Waals surface area contributed by atoms with Crippen molar-refractivity contribution in [1.82, 2.24) is 0 Å². The molecule has 2 N–H and O–H groups in total. The lowest BCUT2D eigenvalue weighted by atomic mass is 9.93. The first-order chi connectivity index (χ1) is 20.5. The molecule has 0 fully saturated rings. The highest BCUT2D eigenvalue weighted by Gasteiger charge is 2.54. The van der Waals surface area contributed by atoms with Gasteiger partial charge in [0.2, 0.25) is 0 Å². The first kappa shape index (κ1) is 33.1. The van der Waals surface area contributed by atoms with Crippen LogP contribution in [0.4, 0.5) is 0 Å². The summed E-state index contributed by atoms with van der Waals surface area (Å²) in [4.78, 5) is 0. The van der Waals surface area contributed by atoms with Crippen LogP contribution in [-0.4, -0.2) is 53.3 Å². The molecule has 228 valence electrons. The molecule has 0 aromatic heterocycles. The Labute approximate surface area is 260 Å². The largest absolute Gasteiger partial charge is 0.407 e. The summed E-state index contributed by atoms with van der Waals surface area (Å²) in [7, 11) is -5.79. The van der Waals surface area contributed by atoms with Crippen molar-refractivity contribution < 1.29 is 19.1 Å². The van der Waals surface area contributed by atoms with Crippen LogP contribution in [0, 0.1) is 5.41 Å². The molecule has 4 aromatic carbocycles. The van der Waals surface area contributed by atoms with Crippen molar-refractivity contribution in [3.8, 4) is 0 Å². The number of benzene rings is 4. The van der Waals surface area contributed by atoms with Gasteiger partial charge in [-0.2, -0.15) is 0 Å². The standard InChI is InChI=1S/C37H48O4Si2/c1-35(2,3)42(31-19-11-7-12-20-31,32-21-13-8-14-22-32)40-29-37(27-38,28-39)30-41-43(36(4,5)6,33-23-15-9-16-24-33)34-25-17-10-18-26-34/h7-26,38-39H,27-30H2,1-6H3. The predicted octanol–water partition coefficient (Wildman–Crippen LogP) is 5.11. The van der Waals surface area contributed by atoms with Crippen LogP contribution in [0.3, 0.4) is 0 Å². The lowest BCUT2D eigenvalue weighted by Gasteiger charge is -2.47. The molecular formula is C37H48O4Si2. The Balaban J connectivity index is 1.79. The highest BCUT2D eigenvalue weighted by atomic mass is 28.4. The highest BCUT2D eigenvalue weighted by molar-refractivity contribution is 7.00. The van der Waals surface area contributed by atoms with Gasteiger partial charge < -0.3 is 19.1 Å². The van der Waals surface area contributed by atoms with Gasteiger partial charge in [-0.25, -0.2) is 0 Å². The molecule has 0 saturated heterocycles. The van der Waals surface area contributed by atoms with E-state index in [2.05, 4.69) is 139 Å². The van der Waals surface area contributed by atoms with Crippen molar-refractivity contribution in [2.75, 3.05) is 26.4 Å². The van der Waals surface area contributed by atoms with E-state index in [1.165, 1.54) is 0 Å². The molecule has 4 aromatic rings. The second-order valence-corrected chi connectivity index (χ2v) is 22.3. The molecular weight excluding hydrogens is 565 g/mol. The summed E-state index contributed by atoms with van der Waals surface area (Å²) in [5.41, 5.74) is -1.01. The van der Waals surface area contributed by atoms with Crippen LogP contribution in [-0.2, 0) is 8.85 Å². The van der Waals surface area contributed by atoms with Gasteiger partial charge in [0.05, 0.1) is 18.6 Å². The third-order valence-corrected chi connectivity index (χ3v) is 18.7. The van der Waals surface area contributed by atoms with Crippen molar-refractivity contribution in [1.29, 1.82) is 0 Å². The SMILES string of the molecule is CC(C)(C)[Si](OCC(CO)(CO)CO[Si](c1ccccc1)(c1ccccc1)C(C)(C)C)(c1ccccc1)c1ccccc1. The van der Waals surface area contributed by atoms with Crippen LogP contribution < -0.4 is 20.7 Å². The molecule has 43 heavy (non-hydrogen) atoms. The van der Waals surface area contributed by atoms with E-state index in [9.17, 15) is 10.2 Å². The Morgan fingerprint density at radius 3 is 0.860 bits per heavy atom. The zero-order valence-corrected chi connectivity index (χ0v) is 28.6. The molecule has 0 aliphatic carbocycles. The summed E-state index contributed by atoms with van der Waals surface area (Å²) < 4.78 is 14.5. The summed E-state index contributed by atoms with van der Waals surface area (Å²) in [6, 6.07) is 41.9. The molecule has 0 aliphatic rings. The Morgan fingerprint density at radius 2 is 0.674 bits per heavy atom. The first-order valence-corrected chi connectivity index (χ1v) is 19.0. The normalized spacial score (nSPS) is 13.2. The second kappa shape index (κ2) is 13.4. The molecule has 0 atom stereocenters. The van der Waals surface area contributed by atoms with Crippen LogP contribution >= 0.6 is 0 Å². The summed E-state index contributed by atoms with van der Waals surface area (Å²) >= 11 is 0. The fraction of sp³-hybridized carbons (Fsp3) is 0.351. The van der Waals surface area contributed by atoms with Crippen LogP contribution in [0.25, 0.3) is 0 Å². The monoisotopic (exact) mass is 612 g/mol. The Hall–Kier alpha value is -2.85. The molecule has 4 rings (SSSR count). The number of aliphatic hydroxyl groups excluding tert-OH is 2. The quantitative estimate of drug-likeness (QED) is 0.219. The molecule has 0 saturated carbocycles. The molecule has 0 aliphatic heterocycles. The summed E-state index contributed by atoms with van der Waals surface area (Å²) in [6.07, 6.45) is 0. The van der Waals surface area contributed by atoms with E-state index in [0.717, 1.165) is 20.7 Å². The van der Waals surface area contributed by atoms with E-state index in [-0.39, 0.29) is 36.5 Å². The smallest absolute Gasteiger partial charge is 0.261 e. The third kappa shape index (κ3) is 6.50. The molecule has 0 spiro atoms. The van der Waals surface area contributed by atoms with E-state index < -0.39 is 22.0 Å². The van der Waals surface area contributed by atoms with E-state index in [4.69, 9.17) is 8.85 Å². The maximum atomic E-state index is 11.0. The number of hydrogen-bond acceptors (Lipinski definition) is 4. The van der Waals surface area contributed by atoms with Crippen molar-refractivity contribution in [3.63, 3.8) is 0 Å². The predicted molar refractivity (Wildman–Crippen MR) is 184 cm³/mol. The molecule has 0 unspecified atom stereocenters. The topological polar surface area (TPSA) is 58.9 Å². The van der Waals surface area contributed by atoms with Gasteiger partial charge in [0.25, 0.3) is 16.6 Å². The Kier molecular flexibility index (Phi) is 10.3. The molecule has 0 bridgehead atoms. The van der Waals surface area contributed by atoms with Gasteiger partial charge in [0, 0.05) is 13.2 Å². The van der Waals surface area contributed by atoms with Crippen LogP contribution in [0.5, 0.6) is 0 Å². The van der Waals surface area contributed by atoms with Crippen LogP contribution in [0.1, 0.15) is 41.5 Å². The average Bonchev–Trinajstić information content (AvgIpc) is 3.01. The van der Waals surface area contributed by atoms with E-state index >= 15 is 0 Å². The van der Waals surface area contributed by atoms with Gasteiger partial charge in [-0.05, 0) is 30.8 Å². The van der Waals surface area contributed by atoms with E-state index in [1.807, 2.05) is 24.3 Å². The molecule has 0 heterocycles. The molecule has 4 nitrogen and oxygen atoms in total. The average molecular weight is 613 g/mol. The van der Waals surface area contributed by atoms with Gasteiger partial charge in [0.15, 0.2) is 0 Å². The minimum atomic E-state index is -2.90. The lowest BCUT2D eigenvalue weighted by Crippen LogP contribution is -2.69. The second-order valence-electron chi connectivity index (χ2n) is 13.7. The van der Waals surface area contributed by atoms with Gasteiger partial charge in [-0.1, -0.05) is 163 Å². The Morgan fingerprint density at radius 1 is 0.442 bits per heavy atom. The fourth-order valence-corrected chi connectivity index (χ4v) is 15.7. The highest BCUT2D eigenvalue weighted by Crippen LogP contribution is 2.40. The zero-order chi connectivity index (χ0) is 31.2. The molecule has 0 amide bonds. The van der Waals surface area contributed by atoms with Gasteiger partial charge in [-0.3, -0.25) is 0 Å². The lowest BCUT2D eigenvalue weighted by molar-refractivity contribution is -0.0237. The summed E-state index contributed by atoms with van der Waals surface area (Å²) in [6.45, 7) is 13.2. The minimum Gasteiger partial charge on any atom is -0.407 e. The minimum absolute atomic E-state index is 0.158. The van der Waals surface area contributed by atoms with Crippen molar-refractivity contribution >= 4 is 37.4 Å². The number of rotatable bonds is 12. The summed E-state index contributed by atoms with van der Waals surface area (Å²) in [5, 5.41) is 26.1. The van der Waals surface area contributed by atoms with Crippen molar-refractivity contribution in [2.24, 2.45) is 5.41 Å². The van der Waals surface area contributed by atoms with E-state index in [0.29, 0.717) is 0 Å². The zero-order valence-electron chi connectivity index (χ0n) is 26.6. The number of hydrogen-bond donors (Lipinski definition) is 2. The van der Waals surface area contributed by atoms with Crippen LogP contribution in [0.15, 0.2) is 121 Å². The summed E-state index contributed by atoms with van der Waals surface area (Å²) in [5.74, 6) is 0. The molecule has 6 heteroatoms. The van der Waals surface area contributed by atoms with Gasteiger partial charge in [-0.15, -0.1) is 0 Å². The first-order valence-electron chi connectivity index (χ1n) is 15.2. The van der Waals surface area contributed by atoms with Gasteiger partial charge >= 0.3 is 0 Å². The third-order valence-electron chi connectivity index (χ3n) is 8.69. The number of aliphatic hydroxyl groups is 2. The maximum absolute atomic E-state index is 11.0. The van der Waals surface area contributed by atoms with Crippen molar-refractivity contribution in [3.05, 3.63) is 121 Å². The van der Waals surface area contributed by atoms with Crippen LogP contribution in [0.2, 0.25) is 10.1 Å². The van der Waals surface area contributed by atoms with Crippen molar-refractivity contribution in [2.45, 2.75) is 51.6 Å². The Bertz CT molecular complexity index is 1210.